The molecule has 48 heavy (non-hydrogen) atoms. The summed E-state index contributed by atoms with van der Waals surface area (Å²) in [6.07, 6.45) is -2.00. The number of carbonyl (C=O) groups excluding carboxylic acids is 1. The fraction of sp³-hybridized carbons (Fsp3) is 0.562. The number of alkyl halides is 4. The van der Waals surface area contributed by atoms with Gasteiger partial charge in [-0.15, -0.1) is 0 Å². The second-order valence-electron chi connectivity index (χ2n) is 12.5. The summed E-state index contributed by atoms with van der Waals surface area (Å²) in [6, 6.07) is 4.11. The number of hydrogen-bond donors (Lipinski definition) is 2. The standard InChI is InChI=1S/C25H29ClF3N7O3.C7H12FN/c1-35(2)23(37)21(31)20(26)18-11-36(8-4-7-32-18)22-15-12-39-19(10-17(15)33-24(34-22)38-3)14-9-13(30)5-6-16(14)25(27,28)29;8-6-4-7-2-1-3-9(7)5-6/h5-6,9,19H,4,7-8,10-12,30-31H2,1-3H3;6-7H,1-5H2/b21-20+;. The molecule has 0 aliphatic carbocycles. The Morgan fingerprint density at radius 1 is 1.19 bits per heavy atom. The maximum atomic E-state index is 13.7. The van der Waals surface area contributed by atoms with E-state index in [4.69, 9.17) is 32.5 Å². The minimum Gasteiger partial charge on any atom is -0.467 e. The number of anilines is 2. The number of ether oxygens (including phenoxy) is 2. The Morgan fingerprint density at radius 2 is 1.96 bits per heavy atom. The summed E-state index contributed by atoms with van der Waals surface area (Å²) in [5.74, 6) is 0.0364. The van der Waals surface area contributed by atoms with Crippen LogP contribution in [0.3, 0.4) is 0 Å². The Hall–Kier alpha value is -3.69. The topological polar surface area (TPSA) is 135 Å². The monoisotopic (exact) mass is 696 g/mol. The van der Waals surface area contributed by atoms with Gasteiger partial charge in [-0.3, -0.25) is 14.7 Å². The van der Waals surface area contributed by atoms with E-state index in [2.05, 4.69) is 19.9 Å². The molecule has 4 N–H and O–H groups in total. The molecule has 0 saturated carbocycles. The number of carbonyl (C=O) groups is 1. The van der Waals surface area contributed by atoms with Crippen molar-refractivity contribution in [2.24, 2.45) is 10.7 Å². The summed E-state index contributed by atoms with van der Waals surface area (Å²) in [4.78, 5) is 31.3. The third-order valence-electron chi connectivity index (χ3n) is 8.88. The second-order valence-corrected chi connectivity index (χ2v) is 12.8. The molecule has 6 rings (SSSR count). The van der Waals surface area contributed by atoms with E-state index in [0.717, 1.165) is 19.0 Å². The Balaban J connectivity index is 0.000000427. The number of methoxy groups -OCH3 is 1. The van der Waals surface area contributed by atoms with Crippen molar-refractivity contribution in [2.75, 3.05) is 64.6 Å². The van der Waals surface area contributed by atoms with E-state index in [-0.39, 0.29) is 47.6 Å². The van der Waals surface area contributed by atoms with Gasteiger partial charge < -0.3 is 30.7 Å². The number of aromatic nitrogens is 2. The van der Waals surface area contributed by atoms with Gasteiger partial charge in [0.1, 0.15) is 17.7 Å². The smallest absolute Gasteiger partial charge is 0.416 e. The molecular weight excluding hydrogens is 656 g/mol. The average molecular weight is 697 g/mol. The molecule has 1 amide bonds. The van der Waals surface area contributed by atoms with Crippen LogP contribution in [0.1, 0.15) is 54.2 Å². The molecule has 262 valence electrons. The first-order chi connectivity index (χ1) is 22.8. The van der Waals surface area contributed by atoms with Gasteiger partial charge in [-0.05, 0) is 56.0 Å². The van der Waals surface area contributed by atoms with Crippen molar-refractivity contribution in [3.8, 4) is 6.01 Å². The molecule has 0 bridgehead atoms. The number of halogens is 5. The Bertz CT molecular complexity index is 1560. The van der Waals surface area contributed by atoms with Gasteiger partial charge >= 0.3 is 12.2 Å². The van der Waals surface area contributed by atoms with Gasteiger partial charge in [0, 0.05) is 57.4 Å². The Morgan fingerprint density at radius 3 is 2.65 bits per heavy atom. The molecule has 0 spiro atoms. The number of nitrogen functional groups attached to an aromatic ring is 1. The molecule has 5 heterocycles. The molecule has 1 aromatic carbocycles. The first-order valence-corrected chi connectivity index (χ1v) is 16.2. The van der Waals surface area contributed by atoms with Crippen molar-refractivity contribution in [2.45, 2.75) is 63.2 Å². The molecule has 2 aromatic rings. The zero-order chi connectivity index (χ0) is 34.7. The minimum absolute atomic E-state index is 0.0424. The predicted octanol–water partition coefficient (Wildman–Crippen LogP) is 4.24. The van der Waals surface area contributed by atoms with E-state index in [9.17, 15) is 22.4 Å². The lowest BCUT2D eigenvalue weighted by molar-refractivity contribution is -0.139. The average Bonchev–Trinajstić information content (AvgIpc) is 3.53. The van der Waals surface area contributed by atoms with Crippen LogP contribution >= 0.6 is 11.6 Å². The van der Waals surface area contributed by atoms with E-state index in [1.54, 1.807) is 14.1 Å². The van der Waals surface area contributed by atoms with Crippen LogP contribution in [0.25, 0.3) is 0 Å². The number of benzene rings is 1. The number of nitrogens with two attached hydrogens (primary N) is 2. The van der Waals surface area contributed by atoms with E-state index in [1.807, 2.05) is 4.90 Å². The van der Waals surface area contributed by atoms with Crippen LogP contribution in [0.2, 0.25) is 0 Å². The number of amides is 1. The predicted molar refractivity (Wildman–Crippen MR) is 175 cm³/mol. The summed E-state index contributed by atoms with van der Waals surface area (Å²) >= 11 is 6.49. The van der Waals surface area contributed by atoms with E-state index in [1.165, 1.54) is 37.0 Å². The summed E-state index contributed by atoms with van der Waals surface area (Å²) in [5, 5.41) is 0.0492. The second kappa shape index (κ2) is 14.8. The molecule has 16 heteroatoms. The number of nitrogens with zero attached hydrogens (tertiary/aromatic N) is 6. The lowest BCUT2D eigenvalue weighted by Crippen LogP contribution is -2.35. The third-order valence-corrected chi connectivity index (χ3v) is 9.31. The van der Waals surface area contributed by atoms with E-state index in [0.29, 0.717) is 54.9 Å². The van der Waals surface area contributed by atoms with Crippen molar-refractivity contribution in [3.05, 3.63) is 51.3 Å². The molecule has 4 aliphatic heterocycles. The Kier molecular flexibility index (Phi) is 11.0. The normalized spacial score (nSPS) is 23.2. The zero-order valence-electron chi connectivity index (χ0n) is 27.2. The Labute approximate surface area is 281 Å². The first-order valence-electron chi connectivity index (χ1n) is 15.8. The van der Waals surface area contributed by atoms with Crippen molar-refractivity contribution in [3.63, 3.8) is 0 Å². The zero-order valence-corrected chi connectivity index (χ0v) is 28.0. The molecule has 3 atom stereocenters. The largest absolute Gasteiger partial charge is 0.467 e. The fourth-order valence-corrected chi connectivity index (χ4v) is 6.71. The third kappa shape index (κ3) is 7.95. The van der Waals surface area contributed by atoms with Gasteiger partial charge in [0.15, 0.2) is 0 Å². The SMILES string of the molecule is COc1nc2c(c(N3CCCN=C(/C(Cl)=C(\N)C(=O)N(C)C)C3)n1)COC(c1cc(N)ccc1C(F)(F)F)C2.FC1CC2CCCN2C1. The highest BCUT2D eigenvalue weighted by molar-refractivity contribution is 6.45. The number of fused-ring (bicyclic) bond motifs is 2. The lowest BCUT2D eigenvalue weighted by Gasteiger charge is -2.31. The van der Waals surface area contributed by atoms with E-state index < -0.39 is 29.9 Å². The van der Waals surface area contributed by atoms with Crippen LogP contribution in [-0.4, -0.2) is 97.5 Å². The summed E-state index contributed by atoms with van der Waals surface area (Å²) < 4.78 is 65.1. The number of hydrogen-bond acceptors (Lipinski definition) is 10. The lowest BCUT2D eigenvalue weighted by atomic mass is 9.94. The summed E-state index contributed by atoms with van der Waals surface area (Å²) in [5.41, 5.74) is 12.5. The highest BCUT2D eigenvalue weighted by atomic mass is 35.5. The fourth-order valence-electron chi connectivity index (χ4n) is 6.51. The number of rotatable bonds is 5. The molecule has 0 radical (unpaired) electrons. The number of aliphatic imine (C=N–C) groups is 1. The minimum atomic E-state index is -4.58. The van der Waals surface area contributed by atoms with Crippen LogP contribution < -0.4 is 21.1 Å². The molecule has 4 aliphatic rings. The van der Waals surface area contributed by atoms with Gasteiger partial charge in [0.2, 0.25) is 0 Å². The molecule has 2 saturated heterocycles. The quantitative estimate of drug-likeness (QED) is 0.267. The molecule has 11 nitrogen and oxygen atoms in total. The van der Waals surface area contributed by atoms with Crippen LogP contribution in [-0.2, 0) is 28.7 Å². The highest BCUT2D eigenvalue weighted by Gasteiger charge is 2.38. The molecule has 2 fully saturated rings. The van der Waals surface area contributed by atoms with Crippen molar-refractivity contribution in [1.29, 1.82) is 0 Å². The first kappa shape index (κ1) is 35.6. The van der Waals surface area contributed by atoms with Gasteiger partial charge in [-0.1, -0.05) is 11.6 Å². The summed E-state index contributed by atoms with van der Waals surface area (Å²) in [6.45, 7) is 2.98. The molecular formula is C32H41ClF4N8O3. The van der Waals surface area contributed by atoms with Crippen molar-refractivity contribution >= 4 is 34.7 Å². The molecule has 3 unspecified atom stereocenters. The van der Waals surface area contributed by atoms with Gasteiger partial charge in [0.25, 0.3) is 5.91 Å². The van der Waals surface area contributed by atoms with Crippen LogP contribution in [0.4, 0.5) is 29.1 Å². The van der Waals surface area contributed by atoms with Crippen LogP contribution in [0.5, 0.6) is 6.01 Å². The highest BCUT2D eigenvalue weighted by Crippen LogP contribution is 2.41. The summed E-state index contributed by atoms with van der Waals surface area (Å²) in [7, 11) is 4.54. The molecule has 1 aromatic heterocycles. The van der Waals surface area contributed by atoms with Crippen LogP contribution in [0.15, 0.2) is 33.9 Å². The van der Waals surface area contributed by atoms with Crippen molar-refractivity contribution in [1.82, 2.24) is 19.8 Å². The maximum Gasteiger partial charge on any atom is 0.416 e. The van der Waals surface area contributed by atoms with Gasteiger partial charge in [0.05, 0.1) is 48.4 Å². The van der Waals surface area contributed by atoms with E-state index >= 15 is 0 Å². The van der Waals surface area contributed by atoms with Crippen molar-refractivity contribution < 1.29 is 31.8 Å². The van der Waals surface area contributed by atoms with Gasteiger partial charge in [-0.2, -0.15) is 23.1 Å². The maximum absolute atomic E-state index is 13.7. The van der Waals surface area contributed by atoms with Gasteiger partial charge in [-0.25, -0.2) is 4.39 Å². The number of likely N-dealkylation sites (N-methyl/N-ethyl adjacent to an activating group) is 1. The van der Waals surface area contributed by atoms with Crippen LogP contribution in [0, 0.1) is 0 Å².